The smallest absolute Gasteiger partial charge is 0.0543 e. The Morgan fingerprint density at radius 1 is 0.349 bits per heavy atom. The first-order chi connectivity index (χ1) is 30.7. The first-order valence-corrected chi connectivity index (χ1v) is 22.8. The second kappa shape index (κ2) is 13.0. The maximum Gasteiger partial charge on any atom is 0.0543 e. The first-order valence-electron chi connectivity index (χ1n) is 22.0. The molecule has 11 aromatic rings. The number of fused-ring (bicyclic) bond motifs is 12. The van der Waals surface area contributed by atoms with Gasteiger partial charge in [0, 0.05) is 48.1 Å². The third kappa shape index (κ3) is 5.12. The van der Waals surface area contributed by atoms with Crippen LogP contribution >= 0.6 is 15.9 Å². The van der Waals surface area contributed by atoms with Crippen LogP contribution in [0.15, 0.2) is 193 Å². The predicted octanol–water partition coefficient (Wildman–Crippen LogP) is 16.6. The molecule has 0 radical (unpaired) electrons. The maximum atomic E-state index is 3.94. The van der Waals surface area contributed by atoms with Crippen molar-refractivity contribution in [2.24, 2.45) is 0 Å². The molecule has 2 aliphatic rings. The normalized spacial score (nSPS) is 14.4. The Bertz CT molecular complexity index is 3760. The van der Waals surface area contributed by atoms with Gasteiger partial charge >= 0.3 is 0 Å². The molecule has 0 saturated heterocycles. The lowest BCUT2D eigenvalue weighted by Crippen LogP contribution is -2.14. The largest absolute Gasteiger partial charge is 0.309 e. The van der Waals surface area contributed by atoms with Gasteiger partial charge in [-0.25, -0.2) is 0 Å². The molecule has 63 heavy (non-hydrogen) atoms. The number of aromatic nitrogens is 2. The fraction of sp³-hybridized carbons (Fsp3) is 0.100. The van der Waals surface area contributed by atoms with Gasteiger partial charge in [-0.1, -0.05) is 159 Å². The van der Waals surface area contributed by atoms with Gasteiger partial charge in [-0.05, 0) is 134 Å². The van der Waals surface area contributed by atoms with E-state index in [1.807, 2.05) is 0 Å². The number of nitrogens with zero attached hydrogens (tertiary/aromatic N) is 2. The van der Waals surface area contributed by atoms with Crippen LogP contribution in [0.25, 0.3) is 99.5 Å². The minimum absolute atomic E-state index is 0.0268. The SMILES string of the molecule is CC1(C)c2ccccc2-c2cc(-n3c4ccccc4c4cc(-c5cc(Br)cc(-c6ccc7c(c6)c6ccccc6n7-c6cccc7c6-c6ccccc6C7(C)C)c5)ccc43)ccc21. The van der Waals surface area contributed by atoms with Gasteiger partial charge in [0.15, 0.2) is 0 Å². The Morgan fingerprint density at radius 2 is 0.857 bits per heavy atom. The van der Waals surface area contributed by atoms with Gasteiger partial charge in [0.1, 0.15) is 0 Å². The lowest BCUT2D eigenvalue weighted by atomic mass is 9.82. The zero-order valence-electron chi connectivity index (χ0n) is 35.7. The second-order valence-electron chi connectivity index (χ2n) is 18.7. The highest BCUT2D eigenvalue weighted by atomic mass is 79.9. The van der Waals surface area contributed by atoms with Gasteiger partial charge in [-0.2, -0.15) is 0 Å². The maximum absolute atomic E-state index is 3.94. The molecule has 0 amide bonds. The summed E-state index contributed by atoms with van der Waals surface area (Å²) in [6.07, 6.45) is 0. The summed E-state index contributed by atoms with van der Waals surface area (Å²) in [6.45, 7) is 9.41. The Hall–Kier alpha value is -6.94. The molecule has 0 unspecified atom stereocenters. The van der Waals surface area contributed by atoms with Crippen molar-refractivity contribution in [3.63, 3.8) is 0 Å². The summed E-state index contributed by atoms with van der Waals surface area (Å²) in [6, 6.07) is 70.4. The summed E-state index contributed by atoms with van der Waals surface area (Å²) in [5, 5.41) is 5.01. The lowest BCUT2D eigenvalue weighted by molar-refractivity contribution is 0.660. The molecule has 0 fully saturated rings. The van der Waals surface area contributed by atoms with Crippen LogP contribution in [0.4, 0.5) is 0 Å². The first kappa shape index (κ1) is 36.7. The van der Waals surface area contributed by atoms with Gasteiger partial charge in [-0.15, -0.1) is 0 Å². The van der Waals surface area contributed by atoms with Crippen LogP contribution in [0.2, 0.25) is 0 Å². The quantitative estimate of drug-likeness (QED) is 0.167. The summed E-state index contributed by atoms with van der Waals surface area (Å²) in [5.74, 6) is 0. The highest BCUT2D eigenvalue weighted by Crippen LogP contribution is 2.52. The molecule has 2 nitrogen and oxygen atoms in total. The van der Waals surface area contributed by atoms with Crippen molar-refractivity contribution in [1.82, 2.24) is 9.13 Å². The second-order valence-corrected chi connectivity index (χ2v) is 19.6. The van der Waals surface area contributed by atoms with Crippen molar-refractivity contribution in [2.75, 3.05) is 0 Å². The number of hydrogen-bond donors (Lipinski definition) is 0. The van der Waals surface area contributed by atoms with Gasteiger partial charge in [-0.3, -0.25) is 0 Å². The highest BCUT2D eigenvalue weighted by molar-refractivity contribution is 9.10. The van der Waals surface area contributed by atoms with E-state index in [4.69, 9.17) is 0 Å². The van der Waals surface area contributed by atoms with Crippen LogP contribution in [0.3, 0.4) is 0 Å². The Labute approximate surface area is 375 Å². The predicted molar refractivity (Wildman–Crippen MR) is 269 cm³/mol. The molecule has 0 saturated carbocycles. The van der Waals surface area contributed by atoms with Crippen molar-refractivity contribution < 1.29 is 0 Å². The van der Waals surface area contributed by atoms with Gasteiger partial charge < -0.3 is 9.13 Å². The molecule has 2 aliphatic carbocycles. The fourth-order valence-corrected chi connectivity index (χ4v) is 12.0. The number of halogens is 1. The Kier molecular flexibility index (Phi) is 7.60. The van der Waals surface area contributed by atoms with Crippen LogP contribution in [-0.4, -0.2) is 9.13 Å². The highest BCUT2D eigenvalue weighted by Gasteiger charge is 2.38. The topological polar surface area (TPSA) is 9.86 Å². The van der Waals surface area contributed by atoms with Crippen LogP contribution in [0, 0.1) is 0 Å². The summed E-state index contributed by atoms with van der Waals surface area (Å²) >= 11 is 3.94. The van der Waals surface area contributed by atoms with Crippen LogP contribution in [0.5, 0.6) is 0 Å². The van der Waals surface area contributed by atoms with Crippen molar-refractivity contribution >= 4 is 59.5 Å². The molecule has 300 valence electrons. The van der Waals surface area contributed by atoms with E-state index in [1.165, 1.54) is 122 Å². The molecule has 2 heterocycles. The molecule has 0 atom stereocenters. The van der Waals surface area contributed by atoms with Crippen LogP contribution in [0.1, 0.15) is 49.9 Å². The monoisotopic (exact) mass is 870 g/mol. The number of rotatable bonds is 4. The van der Waals surface area contributed by atoms with E-state index in [0.717, 1.165) is 4.47 Å². The van der Waals surface area contributed by atoms with E-state index in [2.05, 4.69) is 241 Å². The number of hydrogen-bond acceptors (Lipinski definition) is 0. The average molecular weight is 872 g/mol. The van der Waals surface area contributed by atoms with Gasteiger partial charge in [0.05, 0.1) is 27.8 Å². The molecule has 2 aromatic heterocycles. The summed E-state index contributed by atoms with van der Waals surface area (Å²) in [7, 11) is 0. The van der Waals surface area contributed by atoms with Crippen molar-refractivity contribution in [1.29, 1.82) is 0 Å². The minimum atomic E-state index is -0.0685. The van der Waals surface area contributed by atoms with E-state index in [1.54, 1.807) is 0 Å². The van der Waals surface area contributed by atoms with Gasteiger partial charge in [0.2, 0.25) is 0 Å². The Morgan fingerprint density at radius 3 is 1.54 bits per heavy atom. The van der Waals surface area contributed by atoms with Crippen LogP contribution < -0.4 is 0 Å². The van der Waals surface area contributed by atoms with E-state index >= 15 is 0 Å². The molecule has 13 rings (SSSR count). The summed E-state index contributed by atoms with van der Waals surface area (Å²) in [5.41, 5.74) is 22.8. The Balaban J connectivity index is 0.935. The molecule has 0 spiro atoms. The fourth-order valence-electron chi connectivity index (χ4n) is 11.5. The third-order valence-corrected chi connectivity index (χ3v) is 15.0. The van der Waals surface area contributed by atoms with E-state index in [0.29, 0.717) is 0 Å². The molecule has 0 aliphatic heterocycles. The molecular formula is C60H43BrN2. The van der Waals surface area contributed by atoms with Crippen molar-refractivity contribution in [3.05, 3.63) is 215 Å². The summed E-state index contributed by atoms with van der Waals surface area (Å²) in [4.78, 5) is 0. The van der Waals surface area contributed by atoms with E-state index < -0.39 is 0 Å². The average Bonchev–Trinajstić information content (AvgIpc) is 3.97. The van der Waals surface area contributed by atoms with Crippen LogP contribution in [-0.2, 0) is 10.8 Å². The zero-order valence-corrected chi connectivity index (χ0v) is 37.3. The van der Waals surface area contributed by atoms with Crippen molar-refractivity contribution in [2.45, 2.75) is 38.5 Å². The lowest BCUT2D eigenvalue weighted by Gasteiger charge is -2.21. The molecule has 9 aromatic carbocycles. The molecule has 3 heteroatoms. The minimum Gasteiger partial charge on any atom is -0.309 e. The van der Waals surface area contributed by atoms with Gasteiger partial charge in [0.25, 0.3) is 0 Å². The third-order valence-electron chi connectivity index (χ3n) is 14.6. The van der Waals surface area contributed by atoms with E-state index in [-0.39, 0.29) is 10.8 Å². The summed E-state index contributed by atoms with van der Waals surface area (Å²) < 4.78 is 6.00. The standard InChI is InChI=1S/C60H43BrN2/c1-59(2)49-18-9-5-14-42(49)46-35-41(26-27-51(46)59)62-53-21-11-7-15-43(53)47-33-36(24-28-55(47)62)38-30-39(32-40(61)31-38)37-25-29-56-48(34-37)44-16-8-12-22-54(44)63(56)57-23-13-20-52-58(57)45-17-6-10-19-50(45)60(52,3)4/h5-35H,1-4H3. The van der Waals surface area contributed by atoms with Crippen molar-refractivity contribution in [3.8, 4) is 55.9 Å². The zero-order chi connectivity index (χ0) is 42.4. The number of benzene rings is 9. The molecular weight excluding hydrogens is 829 g/mol. The number of para-hydroxylation sites is 2. The molecule has 0 N–H and O–H groups in total. The van der Waals surface area contributed by atoms with E-state index in [9.17, 15) is 0 Å². The molecule has 0 bridgehead atoms.